The molecular formula is C21H13ClF4N4O3. The van der Waals surface area contributed by atoms with Gasteiger partial charge in [0.05, 0.1) is 35.3 Å². The number of halogens is 5. The van der Waals surface area contributed by atoms with Crippen LogP contribution in [0.1, 0.15) is 23.0 Å². The Balaban J connectivity index is 2.00. The molecule has 0 aliphatic rings. The lowest BCUT2D eigenvalue weighted by atomic mass is 10.0. The summed E-state index contributed by atoms with van der Waals surface area (Å²) in [6, 6.07) is 7.00. The summed E-state index contributed by atoms with van der Waals surface area (Å²) in [6.07, 6.45) is -1.97. The Kier molecular flexibility index (Phi) is 5.90. The van der Waals surface area contributed by atoms with Gasteiger partial charge in [0.1, 0.15) is 11.3 Å². The van der Waals surface area contributed by atoms with Crippen LogP contribution in [-0.2, 0) is 10.9 Å². The lowest BCUT2D eigenvalue weighted by Crippen LogP contribution is -2.15. The maximum atomic E-state index is 14.3. The average Bonchev–Trinajstić information content (AvgIpc) is 3.39. The van der Waals surface area contributed by atoms with Crippen LogP contribution >= 0.6 is 11.6 Å². The summed E-state index contributed by atoms with van der Waals surface area (Å²) in [5, 5.41) is 7.51. The van der Waals surface area contributed by atoms with E-state index >= 15 is 0 Å². The first-order chi connectivity index (χ1) is 15.7. The Morgan fingerprint density at radius 1 is 1.18 bits per heavy atom. The highest BCUT2D eigenvalue weighted by Gasteiger charge is 2.42. The first kappa shape index (κ1) is 22.5. The Morgan fingerprint density at radius 2 is 1.94 bits per heavy atom. The topological polar surface area (TPSA) is 83.0 Å². The SMILES string of the molecule is CCOC(=O)c1c(-c2ccncc2F)noc1-c1cnn(-c2ccccc2Cl)c1C(F)(F)F. The van der Waals surface area contributed by atoms with Crippen LogP contribution in [0.4, 0.5) is 17.6 Å². The van der Waals surface area contributed by atoms with E-state index in [1.165, 1.54) is 37.4 Å². The lowest BCUT2D eigenvalue weighted by Gasteiger charge is -2.13. The summed E-state index contributed by atoms with van der Waals surface area (Å²) in [6.45, 7) is 1.42. The van der Waals surface area contributed by atoms with Crippen molar-refractivity contribution in [2.24, 2.45) is 0 Å². The first-order valence-corrected chi connectivity index (χ1v) is 9.79. The second kappa shape index (κ2) is 8.66. The van der Waals surface area contributed by atoms with Crippen molar-refractivity contribution in [3.8, 4) is 28.3 Å². The molecule has 0 bridgehead atoms. The fourth-order valence-corrected chi connectivity index (χ4v) is 3.43. The van der Waals surface area contributed by atoms with Gasteiger partial charge in [0.15, 0.2) is 17.3 Å². The van der Waals surface area contributed by atoms with E-state index in [0.717, 1.165) is 12.4 Å². The highest BCUT2D eigenvalue weighted by atomic mass is 35.5. The summed E-state index contributed by atoms with van der Waals surface area (Å²) in [7, 11) is 0. The van der Waals surface area contributed by atoms with Gasteiger partial charge in [-0.2, -0.15) is 18.3 Å². The van der Waals surface area contributed by atoms with Crippen molar-refractivity contribution in [3.05, 3.63) is 71.0 Å². The average molecular weight is 481 g/mol. The molecular weight excluding hydrogens is 468 g/mol. The second-order valence-corrected chi connectivity index (χ2v) is 6.99. The van der Waals surface area contributed by atoms with Gasteiger partial charge < -0.3 is 9.26 Å². The summed E-state index contributed by atoms with van der Waals surface area (Å²) in [5.41, 5.74) is -2.92. The molecule has 0 unspecified atom stereocenters. The Bertz CT molecular complexity index is 1330. The molecule has 0 saturated heterocycles. The molecule has 0 saturated carbocycles. The van der Waals surface area contributed by atoms with E-state index in [9.17, 15) is 22.4 Å². The number of esters is 1. The fourth-order valence-electron chi connectivity index (χ4n) is 3.21. The van der Waals surface area contributed by atoms with Crippen LogP contribution < -0.4 is 0 Å². The van der Waals surface area contributed by atoms with Crippen LogP contribution in [0.5, 0.6) is 0 Å². The van der Waals surface area contributed by atoms with Crippen molar-refractivity contribution in [2.45, 2.75) is 13.1 Å². The maximum Gasteiger partial charge on any atom is 0.434 e. The van der Waals surface area contributed by atoms with Crippen molar-refractivity contribution in [3.63, 3.8) is 0 Å². The third-order valence-corrected chi connectivity index (χ3v) is 4.88. The molecule has 7 nitrogen and oxygen atoms in total. The minimum atomic E-state index is -4.94. The molecule has 3 aromatic heterocycles. The predicted molar refractivity (Wildman–Crippen MR) is 108 cm³/mol. The zero-order valence-corrected chi connectivity index (χ0v) is 17.5. The van der Waals surface area contributed by atoms with E-state index in [2.05, 4.69) is 15.2 Å². The zero-order valence-electron chi connectivity index (χ0n) is 16.7. The van der Waals surface area contributed by atoms with E-state index in [-0.39, 0.29) is 28.6 Å². The third-order valence-electron chi connectivity index (χ3n) is 4.56. The molecule has 4 rings (SSSR count). The van der Waals surface area contributed by atoms with Crippen molar-refractivity contribution in [1.82, 2.24) is 19.9 Å². The molecule has 0 amide bonds. The molecule has 0 radical (unpaired) electrons. The zero-order chi connectivity index (χ0) is 23.8. The quantitative estimate of drug-likeness (QED) is 0.274. The second-order valence-electron chi connectivity index (χ2n) is 6.58. The van der Waals surface area contributed by atoms with E-state index in [1.807, 2.05) is 0 Å². The Labute approximate surface area is 188 Å². The van der Waals surface area contributed by atoms with E-state index < -0.39 is 40.5 Å². The van der Waals surface area contributed by atoms with Crippen molar-refractivity contribution < 1.29 is 31.6 Å². The molecule has 0 aliphatic heterocycles. The monoisotopic (exact) mass is 480 g/mol. The molecule has 3 heterocycles. The minimum absolute atomic E-state index is 0.0142. The van der Waals surface area contributed by atoms with Crippen LogP contribution in [0.2, 0.25) is 5.02 Å². The molecule has 12 heteroatoms. The minimum Gasteiger partial charge on any atom is -0.462 e. The molecule has 1 aromatic carbocycles. The van der Waals surface area contributed by atoms with Crippen molar-refractivity contribution >= 4 is 17.6 Å². The number of hydrogen-bond donors (Lipinski definition) is 0. The van der Waals surface area contributed by atoms with Crippen LogP contribution in [0, 0.1) is 5.82 Å². The Morgan fingerprint density at radius 3 is 2.61 bits per heavy atom. The molecule has 4 aromatic rings. The van der Waals surface area contributed by atoms with Crippen molar-refractivity contribution in [2.75, 3.05) is 6.61 Å². The van der Waals surface area contributed by atoms with Gasteiger partial charge in [-0.3, -0.25) is 4.98 Å². The van der Waals surface area contributed by atoms with Crippen molar-refractivity contribution in [1.29, 1.82) is 0 Å². The van der Waals surface area contributed by atoms with Crippen LogP contribution in [-0.4, -0.2) is 32.5 Å². The van der Waals surface area contributed by atoms with E-state index in [0.29, 0.717) is 4.68 Å². The largest absolute Gasteiger partial charge is 0.462 e. The number of carbonyl (C=O) groups excluding carboxylic acids is 1. The third kappa shape index (κ3) is 4.07. The van der Waals surface area contributed by atoms with Gasteiger partial charge in [-0.1, -0.05) is 28.9 Å². The van der Waals surface area contributed by atoms with Gasteiger partial charge in [0.2, 0.25) is 0 Å². The summed E-state index contributed by atoms with van der Waals surface area (Å²) < 4.78 is 67.6. The molecule has 170 valence electrons. The molecule has 0 fully saturated rings. The number of rotatable bonds is 5. The predicted octanol–water partition coefficient (Wildman–Crippen LogP) is 5.58. The van der Waals surface area contributed by atoms with Gasteiger partial charge in [-0.05, 0) is 25.1 Å². The van der Waals surface area contributed by atoms with Crippen LogP contribution in [0.25, 0.3) is 28.3 Å². The van der Waals surface area contributed by atoms with Crippen LogP contribution in [0.15, 0.2) is 53.4 Å². The van der Waals surface area contributed by atoms with Gasteiger partial charge in [-0.25, -0.2) is 13.9 Å². The number of nitrogens with zero attached hydrogens (tertiary/aromatic N) is 4. The van der Waals surface area contributed by atoms with Gasteiger partial charge >= 0.3 is 12.1 Å². The molecule has 0 spiro atoms. The van der Waals surface area contributed by atoms with E-state index in [4.69, 9.17) is 20.9 Å². The normalized spacial score (nSPS) is 11.6. The van der Waals surface area contributed by atoms with Gasteiger partial charge in [0, 0.05) is 11.8 Å². The molecule has 33 heavy (non-hydrogen) atoms. The van der Waals surface area contributed by atoms with E-state index in [1.54, 1.807) is 6.07 Å². The van der Waals surface area contributed by atoms with Gasteiger partial charge in [0.25, 0.3) is 0 Å². The molecule has 0 aliphatic carbocycles. The summed E-state index contributed by atoms with van der Waals surface area (Å²) in [5.74, 6) is -2.48. The standard InChI is InChI=1S/C21H13ClF4N4O3/c1-2-32-20(31)16-17(11-7-8-27-10-14(11)23)29-33-18(16)12-9-28-30(19(12)21(24,25)26)15-6-4-3-5-13(15)22/h3-10H,2H2,1H3. The fraction of sp³-hybridized carbons (Fsp3) is 0.143. The Hall–Kier alpha value is -3.73. The summed E-state index contributed by atoms with van der Waals surface area (Å²) >= 11 is 6.07. The number of aromatic nitrogens is 4. The number of benzene rings is 1. The van der Waals surface area contributed by atoms with Crippen LogP contribution in [0.3, 0.4) is 0 Å². The highest BCUT2D eigenvalue weighted by molar-refractivity contribution is 6.32. The molecule has 0 atom stereocenters. The first-order valence-electron chi connectivity index (χ1n) is 9.41. The maximum absolute atomic E-state index is 14.3. The number of hydrogen-bond acceptors (Lipinski definition) is 6. The highest BCUT2D eigenvalue weighted by Crippen LogP contribution is 2.42. The number of pyridine rings is 1. The lowest BCUT2D eigenvalue weighted by molar-refractivity contribution is -0.142. The number of carbonyl (C=O) groups is 1. The summed E-state index contributed by atoms with van der Waals surface area (Å²) in [4.78, 5) is 16.3. The number of alkyl halides is 3. The van der Waals surface area contributed by atoms with Gasteiger partial charge in [-0.15, -0.1) is 0 Å². The molecule has 0 N–H and O–H groups in total. The number of para-hydroxylation sites is 1. The smallest absolute Gasteiger partial charge is 0.434 e. The number of ether oxygens (including phenoxy) is 1.